The predicted octanol–water partition coefficient (Wildman–Crippen LogP) is 6.17. The Morgan fingerprint density at radius 3 is 2.06 bits per heavy atom. The van der Waals surface area contributed by atoms with Crippen LogP contribution in [0.25, 0.3) is 0 Å². The molecule has 0 bridgehead atoms. The van der Waals surface area contributed by atoms with Crippen LogP contribution in [0.2, 0.25) is 0 Å². The minimum Gasteiger partial charge on any atom is -0.465 e. The summed E-state index contributed by atoms with van der Waals surface area (Å²) in [5.41, 5.74) is 0.893. The Labute approximate surface area is 196 Å². The van der Waals surface area contributed by atoms with Crippen LogP contribution in [-0.4, -0.2) is 37.6 Å². The molecule has 0 radical (unpaired) electrons. The van der Waals surface area contributed by atoms with Crippen LogP contribution >= 0.6 is 0 Å². The summed E-state index contributed by atoms with van der Waals surface area (Å²) in [7, 11) is 0. The monoisotopic (exact) mass is 449 g/mol. The molecule has 0 saturated carbocycles. The van der Waals surface area contributed by atoms with Crippen molar-refractivity contribution in [3.63, 3.8) is 0 Å². The number of hydrogen-bond acceptors (Lipinski definition) is 5. The quantitative estimate of drug-likeness (QED) is 0.222. The number of carbonyl (C=O) groups is 1. The Hall–Kier alpha value is -1.59. The molecule has 2 atom stereocenters. The Morgan fingerprint density at radius 2 is 1.56 bits per heavy atom. The number of hydrogen-bond donors (Lipinski definition) is 1. The van der Waals surface area contributed by atoms with Crippen molar-refractivity contribution in [3.05, 3.63) is 29.8 Å². The van der Waals surface area contributed by atoms with Gasteiger partial charge in [-0.1, -0.05) is 60.6 Å². The zero-order valence-electron chi connectivity index (χ0n) is 22.1. The Morgan fingerprint density at radius 1 is 0.969 bits per heavy atom. The number of carbonyl (C=O) groups excluding carboxylic acids is 1. The van der Waals surface area contributed by atoms with E-state index < -0.39 is 5.54 Å². The molecule has 0 aliphatic carbocycles. The van der Waals surface area contributed by atoms with Crippen LogP contribution in [0, 0.1) is 17.3 Å². The Bertz CT molecular complexity index is 674. The molecule has 5 heteroatoms. The molecule has 0 aliphatic heterocycles. The molecule has 0 spiro atoms. The standard InChI is InChI=1S/C27H47NO4/c1-19(2)18-31-25(29)27(9,10)28-15-16-30-21(5)32-23-13-11-22(12-14-23)24(20(3)4)17-26(6,7)8/h11-14,19-21,24,28H,15-18H2,1-10H3. The van der Waals surface area contributed by atoms with Crippen molar-refractivity contribution in [1.82, 2.24) is 5.32 Å². The summed E-state index contributed by atoms with van der Waals surface area (Å²) < 4.78 is 17.0. The Kier molecular flexibility index (Phi) is 11.2. The van der Waals surface area contributed by atoms with Gasteiger partial charge in [0.15, 0.2) is 6.29 Å². The van der Waals surface area contributed by atoms with Crippen LogP contribution in [-0.2, 0) is 14.3 Å². The van der Waals surface area contributed by atoms with E-state index in [4.69, 9.17) is 14.2 Å². The smallest absolute Gasteiger partial charge is 0.325 e. The number of ether oxygens (including phenoxy) is 3. The second-order valence-corrected chi connectivity index (χ2v) is 11.3. The molecule has 1 aromatic carbocycles. The molecule has 2 unspecified atom stereocenters. The fourth-order valence-electron chi connectivity index (χ4n) is 3.50. The van der Waals surface area contributed by atoms with Crippen LogP contribution in [0.4, 0.5) is 0 Å². The predicted molar refractivity (Wildman–Crippen MR) is 132 cm³/mol. The summed E-state index contributed by atoms with van der Waals surface area (Å²) in [4.78, 5) is 12.2. The van der Waals surface area contributed by atoms with E-state index in [-0.39, 0.29) is 12.3 Å². The average Bonchev–Trinajstić information content (AvgIpc) is 2.67. The normalized spacial score (nSPS) is 14.5. The van der Waals surface area contributed by atoms with Gasteiger partial charge in [-0.15, -0.1) is 0 Å². The van der Waals surface area contributed by atoms with Crippen molar-refractivity contribution in [2.45, 2.75) is 93.4 Å². The molecule has 1 aromatic rings. The highest BCUT2D eigenvalue weighted by molar-refractivity contribution is 5.79. The lowest BCUT2D eigenvalue weighted by molar-refractivity contribution is -0.151. The number of nitrogens with one attached hydrogen (secondary N) is 1. The third-order valence-electron chi connectivity index (χ3n) is 5.33. The maximum absolute atomic E-state index is 12.2. The fourth-order valence-corrected chi connectivity index (χ4v) is 3.50. The second kappa shape index (κ2) is 12.6. The molecule has 0 aromatic heterocycles. The average molecular weight is 450 g/mol. The van der Waals surface area contributed by atoms with E-state index in [1.807, 2.05) is 46.8 Å². The summed E-state index contributed by atoms with van der Waals surface area (Å²) in [5, 5.41) is 3.20. The number of rotatable bonds is 13. The highest BCUT2D eigenvalue weighted by Gasteiger charge is 2.28. The van der Waals surface area contributed by atoms with Crippen molar-refractivity contribution < 1.29 is 19.0 Å². The van der Waals surface area contributed by atoms with E-state index in [2.05, 4.69) is 52.1 Å². The van der Waals surface area contributed by atoms with Gasteiger partial charge < -0.3 is 19.5 Å². The summed E-state index contributed by atoms with van der Waals surface area (Å²) >= 11 is 0. The van der Waals surface area contributed by atoms with Gasteiger partial charge in [-0.05, 0) is 68.1 Å². The topological polar surface area (TPSA) is 56.8 Å². The first-order chi connectivity index (χ1) is 14.7. The first kappa shape index (κ1) is 28.4. The third kappa shape index (κ3) is 10.8. The van der Waals surface area contributed by atoms with E-state index in [1.54, 1.807) is 0 Å². The lowest BCUT2D eigenvalue weighted by Gasteiger charge is -2.29. The zero-order chi connectivity index (χ0) is 24.5. The van der Waals surface area contributed by atoms with Gasteiger partial charge >= 0.3 is 5.97 Å². The van der Waals surface area contributed by atoms with E-state index in [1.165, 1.54) is 5.56 Å². The van der Waals surface area contributed by atoms with E-state index in [0.717, 1.165) is 12.2 Å². The van der Waals surface area contributed by atoms with Crippen molar-refractivity contribution in [1.29, 1.82) is 0 Å². The minimum absolute atomic E-state index is 0.248. The molecule has 0 aliphatic rings. The van der Waals surface area contributed by atoms with Crippen LogP contribution in [0.1, 0.15) is 87.1 Å². The molecule has 0 fully saturated rings. The lowest BCUT2D eigenvalue weighted by Crippen LogP contribution is -2.49. The summed E-state index contributed by atoms with van der Waals surface area (Å²) in [6.45, 7) is 22.4. The largest absolute Gasteiger partial charge is 0.465 e. The molecular formula is C27H47NO4. The first-order valence-electron chi connectivity index (χ1n) is 12.0. The van der Waals surface area contributed by atoms with Gasteiger partial charge in [0.1, 0.15) is 11.3 Å². The lowest BCUT2D eigenvalue weighted by atomic mass is 9.76. The first-order valence-corrected chi connectivity index (χ1v) is 12.0. The van der Waals surface area contributed by atoms with Crippen molar-refractivity contribution in [2.24, 2.45) is 17.3 Å². The van der Waals surface area contributed by atoms with Crippen LogP contribution in [0.5, 0.6) is 5.75 Å². The summed E-state index contributed by atoms with van der Waals surface area (Å²) in [6.07, 6.45) is 0.771. The van der Waals surface area contributed by atoms with Crippen molar-refractivity contribution in [3.8, 4) is 5.75 Å². The maximum atomic E-state index is 12.2. The van der Waals surface area contributed by atoms with Crippen LogP contribution in [0.15, 0.2) is 24.3 Å². The number of benzene rings is 1. The van der Waals surface area contributed by atoms with E-state index >= 15 is 0 Å². The Balaban J connectivity index is 2.48. The van der Waals surface area contributed by atoms with Gasteiger partial charge in [-0.3, -0.25) is 4.79 Å². The fraction of sp³-hybridized carbons (Fsp3) is 0.741. The van der Waals surface area contributed by atoms with Gasteiger partial charge in [0.05, 0.1) is 13.2 Å². The van der Waals surface area contributed by atoms with Gasteiger partial charge in [-0.2, -0.15) is 0 Å². The number of esters is 1. The SMILES string of the molecule is CC(C)COC(=O)C(C)(C)NCCOC(C)Oc1ccc(C(CC(C)(C)C)C(C)C)cc1. The minimum atomic E-state index is -0.752. The van der Waals surface area contributed by atoms with Gasteiger partial charge in [-0.25, -0.2) is 0 Å². The highest BCUT2D eigenvalue weighted by Crippen LogP contribution is 2.36. The molecule has 0 heterocycles. The van der Waals surface area contributed by atoms with Gasteiger partial charge in [0.2, 0.25) is 0 Å². The van der Waals surface area contributed by atoms with Gasteiger partial charge in [0, 0.05) is 6.54 Å². The van der Waals surface area contributed by atoms with E-state index in [9.17, 15) is 4.79 Å². The molecule has 5 nitrogen and oxygen atoms in total. The summed E-state index contributed by atoms with van der Waals surface area (Å²) in [6, 6.07) is 8.40. The molecular weight excluding hydrogens is 402 g/mol. The third-order valence-corrected chi connectivity index (χ3v) is 5.33. The molecule has 0 amide bonds. The van der Waals surface area contributed by atoms with Crippen molar-refractivity contribution in [2.75, 3.05) is 19.8 Å². The molecule has 184 valence electrons. The molecule has 0 saturated heterocycles. The highest BCUT2D eigenvalue weighted by atomic mass is 16.7. The van der Waals surface area contributed by atoms with Gasteiger partial charge in [0.25, 0.3) is 0 Å². The zero-order valence-corrected chi connectivity index (χ0v) is 22.1. The van der Waals surface area contributed by atoms with Crippen molar-refractivity contribution >= 4 is 5.97 Å². The maximum Gasteiger partial charge on any atom is 0.325 e. The molecule has 1 N–H and O–H groups in total. The second-order valence-electron chi connectivity index (χ2n) is 11.3. The summed E-state index contributed by atoms with van der Waals surface area (Å²) in [5.74, 6) is 1.98. The van der Waals surface area contributed by atoms with Crippen LogP contribution < -0.4 is 10.1 Å². The molecule has 32 heavy (non-hydrogen) atoms. The van der Waals surface area contributed by atoms with E-state index in [0.29, 0.717) is 42.9 Å². The van der Waals surface area contributed by atoms with Crippen LogP contribution in [0.3, 0.4) is 0 Å². The molecule has 1 rings (SSSR count).